The molecule has 100 valence electrons. The van der Waals surface area contributed by atoms with Crippen molar-refractivity contribution in [1.29, 1.82) is 0 Å². The van der Waals surface area contributed by atoms with Crippen LogP contribution in [0.1, 0.15) is 32.3 Å². The maximum absolute atomic E-state index is 11.8. The van der Waals surface area contributed by atoms with Crippen LogP contribution >= 0.6 is 0 Å². The summed E-state index contributed by atoms with van der Waals surface area (Å²) in [6, 6.07) is 7.61. The minimum absolute atomic E-state index is 0.227. The van der Waals surface area contributed by atoms with Gasteiger partial charge in [-0.25, -0.2) is 0 Å². The Hall–Kier alpha value is -1.35. The molecule has 0 atom stereocenters. The van der Waals surface area contributed by atoms with E-state index in [2.05, 4.69) is 0 Å². The predicted octanol–water partition coefficient (Wildman–Crippen LogP) is 3.01. The molecular weight excluding hydrogens is 228 g/mol. The summed E-state index contributed by atoms with van der Waals surface area (Å²) in [6.07, 6.45) is 1.77. The zero-order valence-electron chi connectivity index (χ0n) is 11.7. The lowest BCUT2D eigenvalue weighted by molar-refractivity contribution is -0.119. The Morgan fingerprint density at radius 3 is 2.28 bits per heavy atom. The summed E-state index contributed by atoms with van der Waals surface area (Å²) in [4.78, 5) is 11.8. The highest BCUT2D eigenvalue weighted by molar-refractivity contribution is 5.80. The molecule has 0 heterocycles. The Bertz CT molecular complexity index is 379. The number of hydrogen-bond acceptors (Lipinski definition) is 3. The molecule has 0 fully saturated rings. The van der Waals surface area contributed by atoms with Gasteiger partial charge in [0.05, 0.1) is 12.7 Å². The number of hydrogen-bond donors (Lipinski definition) is 0. The number of ether oxygens (including phenoxy) is 2. The molecule has 0 spiro atoms. The topological polar surface area (TPSA) is 35.5 Å². The second-order valence-electron chi connectivity index (χ2n) is 5.03. The van der Waals surface area contributed by atoms with E-state index in [9.17, 15) is 4.79 Å². The van der Waals surface area contributed by atoms with Crippen molar-refractivity contribution in [3.63, 3.8) is 0 Å². The van der Waals surface area contributed by atoms with Crippen LogP contribution in [0.5, 0.6) is 5.75 Å². The van der Waals surface area contributed by atoms with Crippen LogP contribution in [0.2, 0.25) is 0 Å². The maximum atomic E-state index is 11.8. The molecule has 0 aliphatic heterocycles. The summed E-state index contributed by atoms with van der Waals surface area (Å²) in [5.41, 5.74) is 0.797. The maximum Gasteiger partial charge on any atom is 0.137 e. The van der Waals surface area contributed by atoms with Gasteiger partial charge in [-0.1, -0.05) is 12.1 Å². The molecule has 0 amide bonds. The van der Waals surface area contributed by atoms with Crippen LogP contribution in [0.25, 0.3) is 0 Å². The summed E-state index contributed by atoms with van der Waals surface area (Å²) in [5, 5.41) is 0. The molecule has 0 bridgehead atoms. The van der Waals surface area contributed by atoms with Gasteiger partial charge in [0.1, 0.15) is 11.5 Å². The molecule has 0 aliphatic carbocycles. The zero-order valence-corrected chi connectivity index (χ0v) is 11.7. The minimum Gasteiger partial charge on any atom is -0.497 e. The van der Waals surface area contributed by atoms with Crippen molar-refractivity contribution in [2.45, 2.75) is 38.7 Å². The lowest BCUT2D eigenvalue weighted by Crippen LogP contribution is -2.23. The van der Waals surface area contributed by atoms with E-state index in [1.54, 1.807) is 14.2 Å². The van der Waals surface area contributed by atoms with E-state index in [0.717, 1.165) is 17.7 Å². The average molecular weight is 250 g/mol. The van der Waals surface area contributed by atoms with Crippen LogP contribution in [0.15, 0.2) is 24.3 Å². The molecule has 0 saturated carbocycles. The van der Waals surface area contributed by atoms with Crippen molar-refractivity contribution in [1.82, 2.24) is 0 Å². The fraction of sp³-hybridized carbons (Fsp3) is 0.533. The molecule has 0 aromatic heterocycles. The normalized spacial score (nSPS) is 11.3. The standard InChI is InChI=1S/C15H22O3/c1-15(2,18-4)10-9-13(16)11-12-5-7-14(17-3)8-6-12/h5-8H,9-11H2,1-4H3. The highest BCUT2D eigenvalue weighted by Gasteiger charge is 2.17. The highest BCUT2D eigenvalue weighted by Crippen LogP contribution is 2.17. The summed E-state index contributed by atoms with van der Waals surface area (Å²) >= 11 is 0. The molecule has 0 saturated heterocycles. The van der Waals surface area contributed by atoms with Gasteiger partial charge in [-0.15, -0.1) is 0 Å². The SMILES string of the molecule is COc1ccc(CC(=O)CCC(C)(C)OC)cc1. The van der Waals surface area contributed by atoms with E-state index in [0.29, 0.717) is 12.8 Å². The molecule has 0 N–H and O–H groups in total. The predicted molar refractivity (Wildman–Crippen MR) is 72.0 cm³/mol. The van der Waals surface area contributed by atoms with E-state index in [1.165, 1.54) is 0 Å². The molecule has 3 heteroatoms. The molecule has 0 unspecified atom stereocenters. The molecule has 1 aromatic carbocycles. The van der Waals surface area contributed by atoms with Gasteiger partial charge in [-0.2, -0.15) is 0 Å². The second kappa shape index (κ2) is 6.55. The van der Waals surface area contributed by atoms with Gasteiger partial charge < -0.3 is 9.47 Å². The first kappa shape index (κ1) is 14.7. The van der Waals surface area contributed by atoms with Crippen molar-refractivity contribution < 1.29 is 14.3 Å². The largest absolute Gasteiger partial charge is 0.497 e. The zero-order chi connectivity index (χ0) is 13.6. The van der Waals surface area contributed by atoms with E-state index >= 15 is 0 Å². The van der Waals surface area contributed by atoms with Crippen LogP contribution in [-0.4, -0.2) is 25.6 Å². The van der Waals surface area contributed by atoms with Gasteiger partial charge in [-0.05, 0) is 38.0 Å². The number of ketones is 1. The van der Waals surface area contributed by atoms with E-state index in [4.69, 9.17) is 9.47 Å². The fourth-order valence-corrected chi connectivity index (χ4v) is 1.60. The molecule has 1 aromatic rings. The van der Waals surface area contributed by atoms with E-state index in [1.807, 2.05) is 38.1 Å². The van der Waals surface area contributed by atoms with Crippen LogP contribution in [0.4, 0.5) is 0 Å². The van der Waals surface area contributed by atoms with Crippen molar-refractivity contribution in [2.24, 2.45) is 0 Å². The van der Waals surface area contributed by atoms with Crippen LogP contribution < -0.4 is 4.74 Å². The Kier molecular flexibility index (Phi) is 5.35. The number of rotatable bonds is 7. The number of Topliss-reactive ketones (excluding diaryl/α,β-unsaturated/α-hetero) is 1. The molecule has 18 heavy (non-hydrogen) atoms. The van der Waals surface area contributed by atoms with Gasteiger partial charge in [-0.3, -0.25) is 4.79 Å². The molecule has 0 aliphatic rings. The van der Waals surface area contributed by atoms with Crippen LogP contribution in [0, 0.1) is 0 Å². The van der Waals surface area contributed by atoms with Gasteiger partial charge in [0.25, 0.3) is 0 Å². The summed E-state index contributed by atoms with van der Waals surface area (Å²) in [6.45, 7) is 3.99. The Labute approximate surface area is 109 Å². The summed E-state index contributed by atoms with van der Waals surface area (Å²) in [5.74, 6) is 1.05. The van der Waals surface area contributed by atoms with Crippen LogP contribution in [-0.2, 0) is 16.0 Å². The fourth-order valence-electron chi connectivity index (χ4n) is 1.60. The third-order valence-electron chi connectivity index (χ3n) is 3.12. The Morgan fingerprint density at radius 2 is 1.78 bits per heavy atom. The summed E-state index contributed by atoms with van der Waals surface area (Å²) in [7, 11) is 3.31. The third kappa shape index (κ3) is 4.88. The first-order valence-electron chi connectivity index (χ1n) is 6.16. The lowest BCUT2D eigenvalue weighted by Gasteiger charge is -2.22. The summed E-state index contributed by atoms with van der Waals surface area (Å²) < 4.78 is 10.4. The first-order valence-corrected chi connectivity index (χ1v) is 6.16. The minimum atomic E-state index is -0.227. The quantitative estimate of drug-likeness (QED) is 0.746. The number of carbonyl (C=O) groups is 1. The third-order valence-corrected chi connectivity index (χ3v) is 3.12. The molecule has 1 rings (SSSR count). The molecule has 3 nitrogen and oxygen atoms in total. The lowest BCUT2D eigenvalue weighted by atomic mass is 9.98. The van der Waals surface area contributed by atoms with Gasteiger partial charge in [0.2, 0.25) is 0 Å². The Balaban J connectivity index is 2.44. The Morgan fingerprint density at radius 1 is 1.17 bits per heavy atom. The van der Waals surface area contributed by atoms with Crippen molar-refractivity contribution in [2.75, 3.05) is 14.2 Å². The van der Waals surface area contributed by atoms with Gasteiger partial charge >= 0.3 is 0 Å². The molecular formula is C15H22O3. The van der Waals surface area contributed by atoms with Crippen molar-refractivity contribution in [3.8, 4) is 5.75 Å². The number of benzene rings is 1. The monoisotopic (exact) mass is 250 g/mol. The second-order valence-corrected chi connectivity index (χ2v) is 5.03. The van der Waals surface area contributed by atoms with Crippen molar-refractivity contribution in [3.05, 3.63) is 29.8 Å². The van der Waals surface area contributed by atoms with Gasteiger partial charge in [0.15, 0.2) is 0 Å². The van der Waals surface area contributed by atoms with Crippen LogP contribution in [0.3, 0.4) is 0 Å². The average Bonchev–Trinajstić information content (AvgIpc) is 2.37. The van der Waals surface area contributed by atoms with Gasteiger partial charge in [0, 0.05) is 20.0 Å². The van der Waals surface area contributed by atoms with E-state index in [-0.39, 0.29) is 11.4 Å². The van der Waals surface area contributed by atoms with Crippen molar-refractivity contribution >= 4 is 5.78 Å². The van der Waals surface area contributed by atoms with E-state index < -0.39 is 0 Å². The number of methoxy groups -OCH3 is 2. The number of carbonyl (C=O) groups excluding carboxylic acids is 1. The highest BCUT2D eigenvalue weighted by atomic mass is 16.5. The smallest absolute Gasteiger partial charge is 0.137 e. The molecule has 0 radical (unpaired) electrons. The first-order chi connectivity index (χ1) is 8.46.